The molecule has 0 aliphatic carbocycles. The van der Waals surface area contributed by atoms with Crippen molar-refractivity contribution in [3.8, 4) is 0 Å². The Hall–Kier alpha value is -1.80. The van der Waals surface area contributed by atoms with E-state index in [2.05, 4.69) is 14.8 Å². The van der Waals surface area contributed by atoms with Gasteiger partial charge in [-0.3, -0.25) is 0 Å². The van der Waals surface area contributed by atoms with E-state index in [0.717, 1.165) is 6.26 Å². The molecule has 0 atom stereocenters. The molecular formula is C13H21N3O4S. The highest BCUT2D eigenvalue weighted by atomic mass is 32.2. The molecule has 0 spiro atoms. The number of methoxy groups -OCH3 is 1. The van der Waals surface area contributed by atoms with Crippen LogP contribution in [0.15, 0.2) is 18.2 Å². The van der Waals surface area contributed by atoms with E-state index in [1.807, 2.05) is 0 Å². The second kappa shape index (κ2) is 6.31. The Kier molecular flexibility index (Phi) is 5.19. The van der Waals surface area contributed by atoms with Crippen LogP contribution in [0.2, 0.25) is 0 Å². The Morgan fingerprint density at radius 2 is 2.00 bits per heavy atom. The third kappa shape index (κ3) is 5.60. The lowest BCUT2D eigenvalue weighted by molar-refractivity contribution is 0.0602. The van der Waals surface area contributed by atoms with Crippen LogP contribution in [0.25, 0.3) is 0 Å². The molecule has 8 heteroatoms. The van der Waals surface area contributed by atoms with Gasteiger partial charge < -0.3 is 15.8 Å². The molecule has 0 aliphatic rings. The average molecular weight is 315 g/mol. The predicted octanol–water partition coefficient (Wildman–Crippen LogP) is 0.795. The van der Waals surface area contributed by atoms with E-state index in [1.54, 1.807) is 32.0 Å². The van der Waals surface area contributed by atoms with Crippen LogP contribution in [0.4, 0.5) is 11.4 Å². The lowest BCUT2D eigenvalue weighted by Gasteiger charge is -2.26. The van der Waals surface area contributed by atoms with Gasteiger partial charge in [0.05, 0.1) is 18.9 Å². The number of carbonyl (C=O) groups is 1. The van der Waals surface area contributed by atoms with E-state index < -0.39 is 21.5 Å². The van der Waals surface area contributed by atoms with Crippen LogP contribution in [0.5, 0.6) is 0 Å². The van der Waals surface area contributed by atoms with E-state index in [1.165, 1.54) is 7.11 Å². The van der Waals surface area contributed by atoms with Gasteiger partial charge in [-0.1, -0.05) is 0 Å². The zero-order chi connectivity index (χ0) is 16.3. The molecule has 7 nitrogen and oxygen atoms in total. The molecule has 0 saturated heterocycles. The molecule has 0 fully saturated rings. The van der Waals surface area contributed by atoms with Gasteiger partial charge in [-0.25, -0.2) is 17.9 Å². The first kappa shape index (κ1) is 17.3. The number of nitrogens with two attached hydrogens (primary N) is 1. The van der Waals surface area contributed by atoms with Gasteiger partial charge in [0.25, 0.3) is 0 Å². The topological polar surface area (TPSA) is 111 Å². The predicted molar refractivity (Wildman–Crippen MR) is 82.7 cm³/mol. The standard InChI is InChI=1S/C13H21N3O4S/c1-13(2,16-21(4,18)19)8-15-9-5-6-11(14)10(7-9)12(17)20-3/h5-7,15-16H,8,14H2,1-4H3. The number of ether oxygens (including phenoxy) is 1. The minimum atomic E-state index is -3.30. The number of rotatable bonds is 6. The Morgan fingerprint density at radius 3 is 2.52 bits per heavy atom. The van der Waals surface area contributed by atoms with Gasteiger partial charge in [0.2, 0.25) is 10.0 Å². The monoisotopic (exact) mass is 315 g/mol. The molecule has 0 heterocycles. The van der Waals surface area contributed by atoms with Gasteiger partial charge in [0.1, 0.15) is 0 Å². The molecule has 1 aromatic rings. The lowest BCUT2D eigenvalue weighted by Crippen LogP contribution is -2.47. The van der Waals surface area contributed by atoms with Gasteiger partial charge in [0, 0.05) is 23.5 Å². The van der Waals surface area contributed by atoms with Gasteiger partial charge in [-0.2, -0.15) is 0 Å². The number of esters is 1. The van der Waals surface area contributed by atoms with Crippen molar-refractivity contribution in [3.63, 3.8) is 0 Å². The summed E-state index contributed by atoms with van der Waals surface area (Å²) < 4.78 is 29.7. The van der Waals surface area contributed by atoms with Crippen LogP contribution in [-0.2, 0) is 14.8 Å². The largest absolute Gasteiger partial charge is 0.465 e. The molecule has 0 aliphatic heterocycles. The Morgan fingerprint density at radius 1 is 1.38 bits per heavy atom. The van der Waals surface area contributed by atoms with Gasteiger partial charge >= 0.3 is 5.97 Å². The first-order chi connectivity index (χ1) is 9.54. The number of sulfonamides is 1. The second-order valence-electron chi connectivity index (χ2n) is 5.41. The summed E-state index contributed by atoms with van der Waals surface area (Å²) in [5.41, 5.74) is 6.26. The molecule has 0 saturated carbocycles. The molecule has 0 aromatic heterocycles. The van der Waals surface area contributed by atoms with Crippen molar-refractivity contribution >= 4 is 27.4 Å². The van der Waals surface area contributed by atoms with Crippen molar-refractivity contribution in [2.75, 3.05) is 31.0 Å². The maximum Gasteiger partial charge on any atom is 0.340 e. The van der Waals surface area contributed by atoms with Crippen LogP contribution < -0.4 is 15.8 Å². The van der Waals surface area contributed by atoms with Gasteiger partial charge in [0.15, 0.2) is 0 Å². The minimum Gasteiger partial charge on any atom is -0.465 e. The van der Waals surface area contributed by atoms with Crippen molar-refractivity contribution in [2.24, 2.45) is 0 Å². The summed E-state index contributed by atoms with van der Waals surface area (Å²) in [6, 6.07) is 4.86. The maximum absolute atomic E-state index is 11.6. The fourth-order valence-electron chi connectivity index (χ4n) is 1.81. The number of hydrogen-bond donors (Lipinski definition) is 3. The van der Waals surface area contributed by atoms with Gasteiger partial charge in [-0.05, 0) is 32.0 Å². The normalized spacial score (nSPS) is 12.0. The number of nitrogens with one attached hydrogen (secondary N) is 2. The quantitative estimate of drug-likeness (QED) is 0.529. The molecular weight excluding hydrogens is 294 g/mol. The number of nitrogen functional groups attached to an aromatic ring is 1. The lowest BCUT2D eigenvalue weighted by atomic mass is 10.1. The highest BCUT2D eigenvalue weighted by molar-refractivity contribution is 7.88. The molecule has 0 bridgehead atoms. The van der Waals surface area contributed by atoms with Crippen LogP contribution in [-0.4, -0.2) is 39.8 Å². The van der Waals surface area contributed by atoms with Crippen molar-refractivity contribution in [3.05, 3.63) is 23.8 Å². The second-order valence-corrected chi connectivity index (χ2v) is 7.15. The first-order valence-electron chi connectivity index (χ1n) is 6.25. The average Bonchev–Trinajstić information content (AvgIpc) is 2.34. The summed E-state index contributed by atoms with van der Waals surface area (Å²) in [4.78, 5) is 11.6. The number of benzene rings is 1. The van der Waals surface area contributed by atoms with E-state index in [0.29, 0.717) is 17.9 Å². The summed E-state index contributed by atoms with van der Waals surface area (Å²) >= 11 is 0. The van der Waals surface area contributed by atoms with Crippen molar-refractivity contribution in [1.29, 1.82) is 0 Å². The first-order valence-corrected chi connectivity index (χ1v) is 8.14. The molecule has 1 aromatic carbocycles. The Balaban J connectivity index is 2.83. The van der Waals surface area contributed by atoms with Crippen LogP contribution >= 0.6 is 0 Å². The van der Waals surface area contributed by atoms with Crippen LogP contribution in [0.1, 0.15) is 24.2 Å². The minimum absolute atomic E-state index is 0.261. The highest BCUT2D eigenvalue weighted by Gasteiger charge is 2.22. The summed E-state index contributed by atoms with van der Waals surface area (Å²) in [7, 11) is -2.02. The van der Waals surface area contributed by atoms with E-state index in [4.69, 9.17) is 5.73 Å². The molecule has 0 radical (unpaired) electrons. The molecule has 118 valence electrons. The summed E-state index contributed by atoms with van der Waals surface area (Å²) in [5, 5.41) is 3.06. The van der Waals surface area contributed by atoms with Gasteiger partial charge in [-0.15, -0.1) is 0 Å². The molecule has 4 N–H and O–H groups in total. The zero-order valence-corrected chi connectivity index (χ0v) is 13.4. The fraction of sp³-hybridized carbons (Fsp3) is 0.462. The molecule has 0 amide bonds. The summed E-state index contributed by atoms with van der Waals surface area (Å²) in [5.74, 6) is -0.523. The van der Waals surface area contributed by atoms with E-state index in [9.17, 15) is 13.2 Å². The maximum atomic E-state index is 11.6. The fourth-order valence-corrected chi connectivity index (χ4v) is 2.89. The smallest absolute Gasteiger partial charge is 0.340 e. The summed E-state index contributed by atoms with van der Waals surface area (Å²) in [6.45, 7) is 3.84. The third-order valence-electron chi connectivity index (χ3n) is 2.65. The number of carbonyl (C=O) groups excluding carboxylic acids is 1. The zero-order valence-electron chi connectivity index (χ0n) is 12.6. The summed E-state index contributed by atoms with van der Waals surface area (Å²) in [6.07, 6.45) is 1.10. The molecule has 0 unspecified atom stereocenters. The number of anilines is 2. The third-order valence-corrected chi connectivity index (χ3v) is 3.58. The SMILES string of the molecule is COC(=O)c1cc(NCC(C)(C)NS(C)(=O)=O)ccc1N. The van der Waals surface area contributed by atoms with Crippen molar-refractivity contribution in [1.82, 2.24) is 4.72 Å². The van der Waals surface area contributed by atoms with Crippen molar-refractivity contribution < 1.29 is 17.9 Å². The Labute approximate surface area is 124 Å². The van der Waals surface area contributed by atoms with Crippen LogP contribution in [0, 0.1) is 0 Å². The molecule has 1 rings (SSSR count). The molecule has 21 heavy (non-hydrogen) atoms. The van der Waals surface area contributed by atoms with Crippen LogP contribution in [0.3, 0.4) is 0 Å². The van der Waals surface area contributed by atoms with E-state index in [-0.39, 0.29) is 5.56 Å². The van der Waals surface area contributed by atoms with Crippen molar-refractivity contribution in [2.45, 2.75) is 19.4 Å². The Bertz CT molecular complexity index is 626. The number of hydrogen-bond acceptors (Lipinski definition) is 6. The van der Waals surface area contributed by atoms with E-state index >= 15 is 0 Å². The highest BCUT2D eigenvalue weighted by Crippen LogP contribution is 2.19.